The molecule has 0 saturated heterocycles. The zero-order valence-electron chi connectivity index (χ0n) is 11.3. The van der Waals surface area contributed by atoms with Crippen LogP contribution in [0, 0.1) is 11.8 Å². The molecule has 0 aromatic heterocycles. The lowest BCUT2D eigenvalue weighted by Gasteiger charge is -2.24. The van der Waals surface area contributed by atoms with Crippen LogP contribution in [0.3, 0.4) is 0 Å². The van der Waals surface area contributed by atoms with Gasteiger partial charge in [-0.15, -0.1) is 0 Å². The molecule has 2 aliphatic rings. The summed E-state index contributed by atoms with van der Waals surface area (Å²) in [4.78, 5) is 4.45. The minimum Gasteiger partial charge on any atom is -0.382 e. The average molecular weight is 254 g/mol. The van der Waals surface area contributed by atoms with E-state index in [2.05, 4.69) is 15.7 Å². The van der Waals surface area contributed by atoms with Crippen molar-refractivity contribution in [2.45, 2.75) is 45.1 Å². The third kappa shape index (κ3) is 3.59. The van der Waals surface area contributed by atoms with Gasteiger partial charge in [0.15, 0.2) is 0 Å². The molecule has 2 fully saturated rings. The molecule has 0 aromatic rings. The molecule has 4 N–H and O–H groups in total. The standard InChI is InChI=1S/C13H26N4O/c1-2-18-7-3-6-15-13(17-14)16-12-9-10-4-5-11(12)8-10/h10-12H,2-9,14H2,1H3,(H2,15,16,17). The maximum Gasteiger partial charge on any atom is 0.205 e. The summed E-state index contributed by atoms with van der Waals surface area (Å²) in [6.45, 7) is 4.31. The number of nitrogens with zero attached hydrogens (tertiary/aromatic N) is 1. The molecule has 18 heavy (non-hydrogen) atoms. The molecule has 2 bridgehead atoms. The van der Waals surface area contributed by atoms with E-state index < -0.39 is 0 Å². The Bertz CT molecular complexity index is 282. The summed E-state index contributed by atoms with van der Waals surface area (Å²) in [6, 6.07) is 0.574. The van der Waals surface area contributed by atoms with Crippen molar-refractivity contribution >= 4 is 5.96 Å². The van der Waals surface area contributed by atoms with Crippen LogP contribution in [0.25, 0.3) is 0 Å². The van der Waals surface area contributed by atoms with E-state index in [-0.39, 0.29) is 0 Å². The molecule has 0 aliphatic heterocycles. The van der Waals surface area contributed by atoms with Gasteiger partial charge in [-0.3, -0.25) is 10.4 Å². The van der Waals surface area contributed by atoms with Crippen LogP contribution in [-0.2, 0) is 4.74 Å². The summed E-state index contributed by atoms with van der Waals surface area (Å²) in [5, 5.41) is 3.46. The highest BCUT2D eigenvalue weighted by Crippen LogP contribution is 2.44. The molecule has 0 aromatic carbocycles. The summed E-state index contributed by atoms with van der Waals surface area (Å²) in [6.07, 6.45) is 6.39. The molecule has 2 saturated carbocycles. The van der Waals surface area contributed by atoms with E-state index in [0.717, 1.165) is 44.0 Å². The van der Waals surface area contributed by atoms with Gasteiger partial charge in [0.1, 0.15) is 0 Å². The Morgan fingerprint density at radius 2 is 2.28 bits per heavy atom. The fourth-order valence-electron chi connectivity index (χ4n) is 3.23. The first-order valence-corrected chi connectivity index (χ1v) is 7.18. The van der Waals surface area contributed by atoms with E-state index in [0.29, 0.717) is 6.04 Å². The first-order chi connectivity index (χ1) is 8.83. The van der Waals surface area contributed by atoms with E-state index >= 15 is 0 Å². The number of hydrogen-bond acceptors (Lipinski definition) is 3. The van der Waals surface area contributed by atoms with Crippen molar-refractivity contribution in [1.29, 1.82) is 0 Å². The Morgan fingerprint density at radius 1 is 1.39 bits per heavy atom. The van der Waals surface area contributed by atoms with E-state index in [1.54, 1.807) is 0 Å². The van der Waals surface area contributed by atoms with Gasteiger partial charge in [0, 0.05) is 25.8 Å². The Hall–Kier alpha value is -0.810. The molecule has 104 valence electrons. The zero-order valence-corrected chi connectivity index (χ0v) is 11.3. The minimum absolute atomic E-state index is 0.574. The van der Waals surface area contributed by atoms with Gasteiger partial charge in [-0.2, -0.15) is 0 Å². The molecule has 2 rings (SSSR count). The van der Waals surface area contributed by atoms with Gasteiger partial charge in [-0.25, -0.2) is 5.84 Å². The van der Waals surface area contributed by atoms with Crippen molar-refractivity contribution in [3.8, 4) is 0 Å². The van der Waals surface area contributed by atoms with Crippen molar-refractivity contribution < 1.29 is 4.74 Å². The van der Waals surface area contributed by atoms with Gasteiger partial charge in [0.25, 0.3) is 0 Å². The van der Waals surface area contributed by atoms with Gasteiger partial charge in [-0.1, -0.05) is 6.42 Å². The lowest BCUT2D eigenvalue weighted by atomic mass is 9.95. The molecule has 0 heterocycles. The van der Waals surface area contributed by atoms with Crippen LogP contribution in [-0.4, -0.2) is 31.8 Å². The number of rotatable bonds is 6. The van der Waals surface area contributed by atoms with Crippen LogP contribution >= 0.6 is 0 Å². The highest BCUT2D eigenvalue weighted by Gasteiger charge is 2.39. The number of hydrogen-bond donors (Lipinski definition) is 3. The molecule has 2 aliphatic carbocycles. The smallest absolute Gasteiger partial charge is 0.205 e. The Balaban J connectivity index is 1.70. The van der Waals surface area contributed by atoms with E-state index in [1.807, 2.05) is 6.92 Å². The number of nitrogens with one attached hydrogen (secondary N) is 2. The Morgan fingerprint density at radius 3 is 2.89 bits per heavy atom. The van der Waals surface area contributed by atoms with Crippen LogP contribution in [0.15, 0.2) is 4.99 Å². The molecular formula is C13H26N4O. The second-order valence-corrected chi connectivity index (χ2v) is 5.35. The summed E-state index contributed by atoms with van der Waals surface area (Å²) in [7, 11) is 0. The first kappa shape index (κ1) is 13.6. The molecule has 0 spiro atoms. The zero-order chi connectivity index (χ0) is 12.8. The second kappa shape index (κ2) is 6.95. The van der Waals surface area contributed by atoms with Crippen LogP contribution in [0.2, 0.25) is 0 Å². The third-order valence-corrected chi connectivity index (χ3v) is 4.12. The van der Waals surface area contributed by atoms with Gasteiger partial charge >= 0.3 is 0 Å². The van der Waals surface area contributed by atoms with Crippen LogP contribution in [0.1, 0.15) is 39.0 Å². The quantitative estimate of drug-likeness (QED) is 0.217. The maximum atomic E-state index is 5.52. The topological polar surface area (TPSA) is 71.7 Å². The lowest BCUT2D eigenvalue weighted by molar-refractivity contribution is 0.146. The fraction of sp³-hybridized carbons (Fsp3) is 0.923. The van der Waals surface area contributed by atoms with Gasteiger partial charge < -0.3 is 10.1 Å². The third-order valence-electron chi connectivity index (χ3n) is 4.12. The van der Waals surface area contributed by atoms with E-state index in [4.69, 9.17) is 10.6 Å². The van der Waals surface area contributed by atoms with Crippen molar-refractivity contribution in [3.63, 3.8) is 0 Å². The number of ether oxygens (including phenoxy) is 1. The molecule has 0 radical (unpaired) electrons. The first-order valence-electron chi connectivity index (χ1n) is 7.18. The monoisotopic (exact) mass is 254 g/mol. The highest BCUT2D eigenvalue weighted by molar-refractivity contribution is 5.79. The summed E-state index contributed by atoms with van der Waals surface area (Å²) in [5.74, 6) is 8.02. The average Bonchev–Trinajstić information content (AvgIpc) is 2.99. The number of guanidine groups is 1. The van der Waals surface area contributed by atoms with Crippen LogP contribution in [0.4, 0.5) is 0 Å². The molecule has 5 nitrogen and oxygen atoms in total. The number of fused-ring (bicyclic) bond motifs is 2. The number of nitrogens with two attached hydrogens (primary N) is 1. The minimum atomic E-state index is 0.574. The normalized spacial score (nSPS) is 30.8. The molecular weight excluding hydrogens is 228 g/mol. The maximum absolute atomic E-state index is 5.52. The van der Waals surface area contributed by atoms with Gasteiger partial charge in [-0.05, 0) is 44.4 Å². The Labute approximate surface area is 110 Å². The predicted octanol–water partition coefficient (Wildman–Crippen LogP) is 1.01. The largest absolute Gasteiger partial charge is 0.382 e. The van der Waals surface area contributed by atoms with E-state index in [9.17, 15) is 0 Å². The SMILES string of the molecule is CCOCCCN=C(NN)NC1CC2CCC1C2. The molecule has 3 atom stereocenters. The molecule has 5 heteroatoms. The van der Waals surface area contributed by atoms with Crippen molar-refractivity contribution in [1.82, 2.24) is 10.7 Å². The van der Waals surface area contributed by atoms with Crippen LogP contribution < -0.4 is 16.6 Å². The van der Waals surface area contributed by atoms with Crippen molar-refractivity contribution in [3.05, 3.63) is 0 Å². The van der Waals surface area contributed by atoms with Gasteiger partial charge in [0.2, 0.25) is 5.96 Å². The van der Waals surface area contributed by atoms with E-state index in [1.165, 1.54) is 25.7 Å². The lowest BCUT2D eigenvalue weighted by Crippen LogP contribution is -2.48. The van der Waals surface area contributed by atoms with Crippen molar-refractivity contribution in [2.24, 2.45) is 22.7 Å². The number of hydrazine groups is 1. The summed E-state index contributed by atoms with van der Waals surface area (Å²) in [5.41, 5.74) is 2.68. The summed E-state index contributed by atoms with van der Waals surface area (Å²) < 4.78 is 5.28. The summed E-state index contributed by atoms with van der Waals surface area (Å²) >= 11 is 0. The molecule has 3 unspecified atom stereocenters. The number of aliphatic imine (C=N–C) groups is 1. The Kier molecular flexibility index (Phi) is 5.26. The second-order valence-electron chi connectivity index (χ2n) is 5.35. The van der Waals surface area contributed by atoms with Gasteiger partial charge in [0.05, 0.1) is 0 Å². The predicted molar refractivity (Wildman–Crippen MR) is 73.1 cm³/mol. The highest BCUT2D eigenvalue weighted by atomic mass is 16.5. The van der Waals surface area contributed by atoms with Crippen LogP contribution in [0.5, 0.6) is 0 Å². The fourth-order valence-corrected chi connectivity index (χ4v) is 3.23. The molecule has 0 amide bonds. The van der Waals surface area contributed by atoms with Crippen molar-refractivity contribution in [2.75, 3.05) is 19.8 Å².